The highest BCUT2D eigenvalue weighted by molar-refractivity contribution is 7.89. The van der Waals surface area contributed by atoms with Crippen molar-refractivity contribution >= 4 is 15.7 Å². The highest BCUT2D eigenvalue weighted by Gasteiger charge is 2.38. The van der Waals surface area contributed by atoms with E-state index < -0.39 is 28.8 Å². The van der Waals surface area contributed by atoms with Gasteiger partial charge in [0, 0.05) is 11.7 Å². The molecule has 114 valence electrons. The molecule has 0 bridgehead atoms. The summed E-state index contributed by atoms with van der Waals surface area (Å²) in [7, 11) is -4.25. The Morgan fingerprint density at radius 2 is 1.85 bits per heavy atom. The van der Waals surface area contributed by atoms with Crippen molar-refractivity contribution in [3.63, 3.8) is 0 Å². The molecule has 8 heteroatoms. The van der Waals surface area contributed by atoms with Crippen molar-refractivity contribution in [3.8, 4) is 0 Å². The van der Waals surface area contributed by atoms with Gasteiger partial charge < -0.3 is 5.73 Å². The van der Waals surface area contributed by atoms with Crippen LogP contribution in [0.5, 0.6) is 0 Å². The van der Waals surface area contributed by atoms with E-state index in [9.17, 15) is 21.6 Å². The van der Waals surface area contributed by atoms with E-state index in [-0.39, 0.29) is 10.6 Å². The minimum atomic E-state index is -4.61. The number of nitrogens with two attached hydrogens (primary N) is 1. The molecule has 0 aliphatic rings. The van der Waals surface area contributed by atoms with Crippen LogP contribution in [0.3, 0.4) is 0 Å². The first-order valence-electron chi connectivity index (χ1n) is 5.90. The number of rotatable bonds is 4. The number of sulfonamides is 1. The van der Waals surface area contributed by atoms with Crippen LogP contribution >= 0.6 is 0 Å². The number of nitrogens with zero attached hydrogens (tertiary/aromatic N) is 1. The second-order valence-corrected chi connectivity index (χ2v) is 6.64. The zero-order valence-electron chi connectivity index (χ0n) is 11.4. The topological polar surface area (TPSA) is 63.4 Å². The molecular weight excluding hydrogens is 293 g/mol. The number of benzene rings is 1. The largest absolute Gasteiger partial charge is 0.402 e. The Morgan fingerprint density at radius 3 is 2.30 bits per heavy atom. The van der Waals surface area contributed by atoms with E-state index in [0.29, 0.717) is 9.87 Å². The zero-order valence-corrected chi connectivity index (χ0v) is 12.2. The Bertz CT molecular complexity index is 583. The van der Waals surface area contributed by atoms with Gasteiger partial charge in [-0.05, 0) is 38.5 Å². The molecule has 1 rings (SSSR count). The first-order chi connectivity index (χ1) is 8.95. The van der Waals surface area contributed by atoms with Gasteiger partial charge >= 0.3 is 6.18 Å². The summed E-state index contributed by atoms with van der Waals surface area (Å²) in [6, 6.07) is 3.32. The smallest absolute Gasteiger partial charge is 0.399 e. The quantitative estimate of drug-likeness (QED) is 0.869. The molecular formula is C12H17F3N2O2S. The highest BCUT2D eigenvalue weighted by atomic mass is 32.2. The third kappa shape index (κ3) is 3.86. The lowest BCUT2D eigenvalue weighted by molar-refractivity contribution is -0.138. The van der Waals surface area contributed by atoms with Crippen molar-refractivity contribution in [2.45, 2.75) is 37.9 Å². The molecule has 0 saturated heterocycles. The minimum Gasteiger partial charge on any atom is -0.399 e. The van der Waals surface area contributed by atoms with Gasteiger partial charge in [-0.25, -0.2) is 8.42 Å². The van der Waals surface area contributed by atoms with E-state index in [1.807, 2.05) is 0 Å². The van der Waals surface area contributed by atoms with Gasteiger partial charge in [-0.15, -0.1) is 0 Å². The van der Waals surface area contributed by atoms with Gasteiger partial charge in [-0.2, -0.15) is 17.5 Å². The van der Waals surface area contributed by atoms with E-state index in [1.165, 1.54) is 39.0 Å². The van der Waals surface area contributed by atoms with Crippen LogP contribution in [0.4, 0.5) is 18.9 Å². The highest BCUT2D eigenvalue weighted by Crippen LogP contribution is 2.27. The van der Waals surface area contributed by atoms with Gasteiger partial charge in [0.2, 0.25) is 10.0 Å². The summed E-state index contributed by atoms with van der Waals surface area (Å²) >= 11 is 0. The standard InChI is InChI=1S/C12H17F3N2O2S/c1-8(2)17(7-12(13,14)15)20(18,19)11-6-10(16)5-4-9(11)3/h4-6,8H,7,16H2,1-3H3. The molecule has 20 heavy (non-hydrogen) atoms. The van der Waals surface area contributed by atoms with Crippen LogP contribution in [0.1, 0.15) is 19.4 Å². The Hall–Kier alpha value is -1.28. The van der Waals surface area contributed by atoms with Crippen molar-refractivity contribution in [3.05, 3.63) is 23.8 Å². The normalized spacial score (nSPS) is 13.2. The Labute approximate surface area is 116 Å². The van der Waals surface area contributed by atoms with Crippen molar-refractivity contribution < 1.29 is 21.6 Å². The van der Waals surface area contributed by atoms with Crippen molar-refractivity contribution in [2.24, 2.45) is 0 Å². The molecule has 0 aliphatic carbocycles. The van der Waals surface area contributed by atoms with Crippen molar-refractivity contribution in [1.82, 2.24) is 4.31 Å². The summed E-state index contributed by atoms with van der Waals surface area (Å²) in [6.45, 7) is 2.77. The average Bonchev–Trinajstić information content (AvgIpc) is 2.27. The fourth-order valence-electron chi connectivity index (χ4n) is 1.74. The number of hydrogen-bond acceptors (Lipinski definition) is 3. The summed E-state index contributed by atoms with van der Waals surface area (Å²) < 4.78 is 62.9. The zero-order chi connectivity index (χ0) is 15.7. The Balaban J connectivity index is 3.34. The summed E-state index contributed by atoms with van der Waals surface area (Å²) in [5.41, 5.74) is 6.06. The monoisotopic (exact) mass is 310 g/mol. The van der Waals surface area contributed by atoms with E-state index in [1.54, 1.807) is 0 Å². The predicted molar refractivity (Wildman–Crippen MR) is 70.7 cm³/mol. The van der Waals surface area contributed by atoms with Crippen LogP contribution in [-0.4, -0.2) is 31.5 Å². The molecule has 2 N–H and O–H groups in total. The fraction of sp³-hybridized carbons (Fsp3) is 0.500. The molecule has 1 aromatic rings. The molecule has 0 unspecified atom stereocenters. The number of aryl methyl sites for hydroxylation is 1. The van der Waals surface area contributed by atoms with Crippen LogP contribution in [0.25, 0.3) is 0 Å². The Kier molecular flexibility index (Phi) is 4.70. The summed E-state index contributed by atoms with van der Waals surface area (Å²) in [4.78, 5) is -0.199. The maximum atomic E-state index is 12.6. The van der Waals surface area contributed by atoms with Gasteiger partial charge in [0.1, 0.15) is 6.54 Å². The third-order valence-corrected chi connectivity index (χ3v) is 4.87. The molecule has 0 radical (unpaired) electrons. The third-order valence-electron chi connectivity index (χ3n) is 2.71. The number of nitrogen functional groups attached to an aromatic ring is 1. The molecule has 0 heterocycles. The molecule has 1 aromatic carbocycles. The maximum Gasteiger partial charge on any atom is 0.402 e. The second-order valence-electron chi connectivity index (χ2n) is 4.78. The van der Waals surface area contributed by atoms with E-state index in [2.05, 4.69) is 0 Å². The first-order valence-corrected chi connectivity index (χ1v) is 7.34. The van der Waals surface area contributed by atoms with Crippen molar-refractivity contribution in [1.29, 1.82) is 0 Å². The molecule has 0 saturated carbocycles. The number of anilines is 1. The maximum absolute atomic E-state index is 12.6. The molecule has 0 aromatic heterocycles. The molecule has 0 spiro atoms. The van der Waals surface area contributed by atoms with Crippen molar-refractivity contribution in [2.75, 3.05) is 12.3 Å². The summed E-state index contributed by atoms with van der Waals surface area (Å²) in [5.74, 6) is 0. The van der Waals surface area contributed by atoms with Gasteiger partial charge in [0.15, 0.2) is 0 Å². The summed E-state index contributed by atoms with van der Waals surface area (Å²) in [5, 5.41) is 0. The molecule has 4 nitrogen and oxygen atoms in total. The average molecular weight is 310 g/mol. The molecule has 0 fully saturated rings. The second kappa shape index (κ2) is 5.61. The van der Waals surface area contributed by atoms with E-state index >= 15 is 0 Å². The lowest BCUT2D eigenvalue weighted by atomic mass is 10.2. The summed E-state index contributed by atoms with van der Waals surface area (Å²) in [6.07, 6.45) is -4.61. The number of alkyl halides is 3. The van der Waals surface area contributed by atoms with Gasteiger partial charge in [0.25, 0.3) is 0 Å². The van der Waals surface area contributed by atoms with Gasteiger partial charge in [0.05, 0.1) is 4.90 Å². The first kappa shape index (κ1) is 16.8. The molecule has 0 amide bonds. The van der Waals surface area contributed by atoms with Gasteiger partial charge in [-0.1, -0.05) is 6.07 Å². The van der Waals surface area contributed by atoms with Crippen LogP contribution in [0.2, 0.25) is 0 Å². The molecule has 0 atom stereocenters. The minimum absolute atomic E-state index is 0.185. The Morgan fingerprint density at radius 1 is 1.30 bits per heavy atom. The predicted octanol–water partition coefficient (Wildman–Crippen LogP) is 2.54. The van der Waals surface area contributed by atoms with Crippen LogP contribution in [0.15, 0.2) is 23.1 Å². The van der Waals surface area contributed by atoms with Crippen LogP contribution in [-0.2, 0) is 10.0 Å². The number of halogens is 3. The van der Waals surface area contributed by atoms with Gasteiger partial charge in [-0.3, -0.25) is 0 Å². The lowest BCUT2D eigenvalue weighted by Gasteiger charge is -2.27. The lowest BCUT2D eigenvalue weighted by Crippen LogP contribution is -2.43. The SMILES string of the molecule is Cc1ccc(N)cc1S(=O)(=O)N(CC(F)(F)F)C(C)C. The van der Waals surface area contributed by atoms with Crippen LogP contribution < -0.4 is 5.73 Å². The number of hydrogen-bond donors (Lipinski definition) is 1. The van der Waals surface area contributed by atoms with Crippen LogP contribution in [0, 0.1) is 6.92 Å². The molecule has 0 aliphatic heterocycles. The van der Waals surface area contributed by atoms with E-state index in [0.717, 1.165) is 0 Å². The fourth-order valence-corrected chi connectivity index (χ4v) is 3.63. The van der Waals surface area contributed by atoms with E-state index in [4.69, 9.17) is 5.73 Å².